The van der Waals surface area contributed by atoms with Gasteiger partial charge in [0.15, 0.2) is 0 Å². The van der Waals surface area contributed by atoms with Crippen LogP contribution in [0.5, 0.6) is 0 Å². The van der Waals surface area contributed by atoms with Crippen molar-refractivity contribution >= 4 is 11.3 Å². The van der Waals surface area contributed by atoms with Crippen molar-refractivity contribution in [3.05, 3.63) is 28.2 Å². The van der Waals surface area contributed by atoms with Crippen molar-refractivity contribution in [2.24, 2.45) is 0 Å². The lowest BCUT2D eigenvalue weighted by Crippen LogP contribution is -2.21. The van der Waals surface area contributed by atoms with E-state index in [1.165, 1.54) is 4.88 Å². The largest absolute Gasteiger partial charge is 0.301 e. The van der Waals surface area contributed by atoms with Gasteiger partial charge in [0.05, 0.1) is 12.6 Å². The van der Waals surface area contributed by atoms with Gasteiger partial charge in [-0.25, -0.2) is 14.6 Å². The van der Waals surface area contributed by atoms with Crippen LogP contribution in [0.3, 0.4) is 0 Å². The first-order valence-corrected chi connectivity index (χ1v) is 7.04. The summed E-state index contributed by atoms with van der Waals surface area (Å²) in [7, 11) is 0. The third-order valence-corrected chi connectivity index (χ3v) is 3.80. The molecule has 6 heteroatoms. The van der Waals surface area contributed by atoms with E-state index in [1.54, 1.807) is 17.7 Å². The highest BCUT2D eigenvalue weighted by Gasteiger charge is 2.10. The second-order valence-electron chi connectivity index (χ2n) is 4.31. The molecule has 2 rings (SSSR count). The van der Waals surface area contributed by atoms with Crippen molar-refractivity contribution in [3.8, 4) is 0 Å². The van der Waals surface area contributed by atoms with Crippen molar-refractivity contribution in [1.29, 1.82) is 0 Å². The zero-order valence-corrected chi connectivity index (χ0v) is 11.9. The number of nitrogens with zero attached hydrogens (tertiary/aromatic N) is 4. The molecule has 2 aromatic rings. The summed E-state index contributed by atoms with van der Waals surface area (Å²) in [6.07, 6.45) is 4.60. The molecule has 0 radical (unpaired) electrons. The molecule has 1 atom stereocenters. The van der Waals surface area contributed by atoms with Crippen molar-refractivity contribution in [2.75, 3.05) is 0 Å². The maximum absolute atomic E-state index is 4.39. The SMILES string of the molecule is CCCn1ncnc1CNC(C)c1ncc(C)s1. The molecule has 0 aromatic carbocycles. The van der Waals surface area contributed by atoms with Gasteiger partial charge < -0.3 is 5.32 Å². The molecule has 98 valence electrons. The fourth-order valence-electron chi connectivity index (χ4n) is 1.73. The summed E-state index contributed by atoms with van der Waals surface area (Å²) in [5, 5.41) is 8.77. The van der Waals surface area contributed by atoms with Crippen LogP contribution in [0.15, 0.2) is 12.5 Å². The minimum absolute atomic E-state index is 0.246. The van der Waals surface area contributed by atoms with Crippen molar-refractivity contribution in [1.82, 2.24) is 25.1 Å². The van der Waals surface area contributed by atoms with E-state index in [4.69, 9.17) is 0 Å². The molecular weight excluding hydrogens is 246 g/mol. The first-order valence-electron chi connectivity index (χ1n) is 6.23. The highest BCUT2D eigenvalue weighted by atomic mass is 32.1. The Morgan fingerprint density at radius 3 is 2.94 bits per heavy atom. The van der Waals surface area contributed by atoms with Gasteiger partial charge in [-0.2, -0.15) is 5.10 Å². The third kappa shape index (κ3) is 3.14. The van der Waals surface area contributed by atoms with Crippen LogP contribution in [-0.4, -0.2) is 19.7 Å². The molecule has 2 aromatic heterocycles. The summed E-state index contributed by atoms with van der Waals surface area (Å²) in [6.45, 7) is 7.98. The quantitative estimate of drug-likeness (QED) is 0.870. The molecule has 0 aliphatic carbocycles. The van der Waals surface area contributed by atoms with E-state index >= 15 is 0 Å². The fourth-order valence-corrected chi connectivity index (χ4v) is 2.53. The summed E-state index contributed by atoms with van der Waals surface area (Å²) in [6, 6.07) is 0.246. The van der Waals surface area contributed by atoms with Crippen LogP contribution in [0.25, 0.3) is 0 Å². The average Bonchev–Trinajstić information content (AvgIpc) is 2.96. The van der Waals surface area contributed by atoms with Gasteiger partial charge in [-0.05, 0) is 20.3 Å². The molecule has 0 aliphatic rings. The predicted molar refractivity (Wildman–Crippen MR) is 72.4 cm³/mol. The standard InChI is InChI=1S/C12H19N5S/c1-4-5-17-11(15-8-16-17)7-13-10(3)12-14-6-9(2)18-12/h6,8,10,13H,4-5,7H2,1-3H3. The summed E-state index contributed by atoms with van der Waals surface area (Å²) in [4.78, 5) is 9.91. The molecule has 2 heterocycles. The average molecular weight is 265 g/mol. The molecule has 1 unspecified atom stereocenters. The van der Waals surface area contributed by atoms with Crippen LogP contribution in [0.4, 0.5) is 0 Å². The lowest BCUT2D eigenvalue weighted by molar-refractivity contribution is 0.508. The molecule has 0 saturated carbocycles. The van der Waals surface area contributed by atoms with Crippen LogP contribution in [0, 0.1) is 6.92 Å². The number of aryl methyl sites for hydroxylation is 2. The van der Waals surface area contributed by atoms with E-state index in [-0.39, 0.29) is 6.04 Å². The Kier molecular flexibility index (Phi) is 4.43. The minimum Gasteiger partial charge on any atom is -0.301 e. The Balaban J connectivity index is 1.92. The highest BCUT2D eigenvalue weighted by molar-refractivity contribution is 7.11. The molecule has 0 saturated heterocycles. The Morgan fingerprint density at radius 1 is 1.44 bits per heavy atom. The number of hydrogen-bond donors (Lipinski definition) is 1. The van der Waals surface area contributed by atoms with E-state index in [9.17, 15) is 0 Å². The molecule has 0 bridgehead atoms. The number of hydrogen-bond acceptors (Lipinski definition) is 5. The summed E-state index contributed by atoms with van der Waals surface area (Å²) >= 11 is 1.73. The molecule has 0 spiro atoms. The minimum atomic E-state index is 0.246. The Bertz CT molecular complexity index is 490. The van der Waals surface area contributed by atoms with Crippen LogP contribution < -0.4 is 5.32 Å². The monoisotopic (exact) mass is 265 g/mol. The first-order chi connectivity index (χ1) is 8.70. The first kappa shape index (κ1) is 13.2. The number of nitrogens with one attached hydrogen (secondary N) is 1. The summed E-state index contributed by atoms with van der Waals surface area (Å²) in [5.41, 5.74) is 0. The van der Waals surface area contributed by atoms with Crippen molar-refractivity contribution < 1.29 is 0 Å². The van der Waals surface area contributed by atoms with Crippen LogP contribution in [0.2, 0.25) is 0 Å². The molecule has 0 fully saturated rings. The normalized spacial score (nSPS) is 12.8. The zero-order chi connectivity index (χ0) is 13.0. The maximum Gasteiger partial charge on any atom is 0.140 e. The molecule has 0 aliphatic heterocycles. The molecule has 0 amide bonds. The highest BCUT2D eigenvalue weighted by Crippen LogP contribution is 2.19. The van der Waals surface area contributed by atoms with Crippen LogP contribution >= 0.6 is 11.3 Å². The zero-order valence-electron chi connectivity index (χ0n) is 11.1. The van der Waals surface area contributed by atoms with Gasteiger partial charge in [0.25, 0.3) is 0 Å². The third-order valence-electron chi connectivity index (χ3n) is 2.71. The van der Waals surface area contributed by atoms with Gasteiger partial charge in [-0.3, -0.25) is 0 Å². The maximum atomic E-state index is 4.39. The summed E-state index contributed by atoms with van der Waals surface area (Å²) in [5.74, 6) is 0.983. The molecule has 5 nitrogen and oxygen atoms in total. The molecule has 1 N–H and O–H groups in total. The lowest BCUT2D eigenvalue weighted by atomic mass is 10.3. The Hall–Kier alpha value is -1.27. The Morgan fingerprint density at radius 2 is 2.28 bits per heavy atom. The number of thiazole rings is 1. The van der Waals surface area contributed by atoms with E-state index in [0.29, 0.717) is 0 Å². The lowest BCUT2D eigenvalue weighted by Gasteiger charge is -2.11. The van der Waals surface area contributed by atoms with Gasteiger partial charge in [0, 0.05) is 17.6 Å². The fraction of sp³-hybridized carbons (Fsp3) is 0.583. The van der Waals surface area contributed by atoms with Crippen molar-refractivity contribution in [3.63, 3.8) is 0 Å². The topological polar surface area (TPSA) is 55.6 Å². The van der Waals surface area contributed by atoms with Gasteiger partial charge >= 0.3 is 0 Å². The van der Waals surface area contributed by atoms with E-state index < -0.39 is 0 Å². The van der Waals surface area contributed by atoms with Crippen LogP contribution in [0.1, 0.15) is 42.0 Å². The van der Waals surface area contributed by atoms with Gasteiger partial charge in [0.1, 0.15) is 17.2 Å². The van der Waals surface area contributed by atoms with Crippen LogP contribution in [-0.2, 0) is 13.1 Å². The molecule has 18 heavy (non-hydrogen) atoms. The van der Waals surface area contributed by atoms with E-state index in [2.05, 4.69) is 41.2 Å². The second kappa shape index (κ2) is 6.06. The second-order valence-corrected chi connectivity index (χ2v) is 5.58. The van der Waals surface area contributed by atoms with Crippen molar-refractivity contribution in [2.45, 2.75) is 46.3 Å². The van der Waals surface area contributed by atoms with Gasteiger partial charge in [-0.15, -0.1) is 11.3 Å². The Labute approximate surface area is 111 Å². The van der Waals surface area contributed by atoms with E-state index in [0.717, 1.165) is 30.3 Å². The van der Waals surface area contributed by atoms with Gasteiger partial charge in [0.2, 0.25) is 0 Å². The molecular formula is C12H19N5S. The van der Waals surface area contributed by atoms with E-state index in [1.807, 2.05) is 10.9 Å². The summed E-state index contributed by atoms with van der Waals surface area (Å²) < 4.78 is 1.95. The predicted octanol–water partition coefficient (Wildman–Crippen LogP) is 2.30. The number of aromatic nitrogens is 4. The van der Waals surface area contributed by atoms with Gasteiger partial charge in [-0.1, -0.05) is 6.92 Å². The number of rotatable bonds is 6. The smallest absolute Gasteiger partial charge is 0.140 e.